The summed E-state index contributed by atoms with van der Waals surface area (Å²) < 4.78 is 0.994. The van der Waals surface area contributed by atoms with E-state index in [1.54, 1.807) is 29.5 Å². The maximum Gasteiger partial charge on any atom is 0.315 e. The van der Waals surface area contributed by atoms with Crippen LogP contribution in [0.1, 0.15) is 4.88 Å². The standard InChI is InChI=1S/C14H15BrN4O3S/c15-10-7-11(23-9-10)8-18-14(20)17-6-5-16-12-3-1-2-4-13(12)19(21)22/h1-4,7,9,16H,5-6,8H2,(H2,17,18,20). The molecule has 1 heterocycles. The van der Waals surface area contributed by atoms with Crippen LogP contribution in [0, 0.1) is 10.1 Å². The number of halogens is 1. The highest BCUT2D eigenvalue weighted by molar-refractivity contribution is 9.10. The Morgan fingerprint density at radius 3 is 2.74 bits per heavy atom. The first-order valence-corrected chi connectivity index (χ1v) is 8.45. The highest BCUT2D eigenvalue weighted by Crippen LogP contribution is 2.22. The molecule has 23 heavy (non-hydrogen) atoms. The second kappa shape index (κ2) is 8.49. The van der Waals surface area contributed by atoms with E-state index in [1.807, 2.05) is 11.4 Å². The van der Waals surface area contributed by atoms with Crippen molar-refractivity contribution in [3.05, 3.63) is 55.2 Å². The predicted octanol–water partition coefficient (Wildman–Crippen LogP) is 3.33. The summed E-state index contributed by atoms with van der Waals surface area (Å²) in [6.45, 7) is 1.20. The van der Waals surface area contributed by atoms with Gasteiger partial charge in [0.15, 0.2) is 0 Å². The van der Waals surface area contributed by atoms with Crippen LogP contribution in [0.15, 0.2) is 40.2 Å². The SMILES string of the molecule is O=C(NCCNc1ccccc1[N+](=O)[O-])NCc1cc(Br)cs1. The number of hydrogen-bond donors (Lipinski definition) is 3. The van der Waals surface area contributed by atoms with Crippen LogP contribution in [0.5, 0.6) is 0 Å². The van der Waals surface area contributed by atoms with Gasteiger partial charge in [0.25, 0.3) is 5.69 Å². The number of nitrogens with zero attached hydrogens (tertiary/aromatic N) is 1. The molecule has 0 saturated carbocycles. The third kappa shape index (κ3) is 5.53. The van der Waals surface area contributed by atoms with Gasteiger partial charge in [0.05, 0.1) is 11.5 Å². The summed E-state index contributed by atoms with van der Waals surface area (Å²) >= 11 is 4.91. The van der Waals surface area contributed by atoms with Crippen LogP contribution < -0.4 is 16.0 Å². The molecule has 0 spiro atoms. The van der Waals surface area contributed by atoms with Crippen LogP contribution in [0.3, 0.4) is 0 Å². The molecule has 2 rings (SSSR count). The quantitative estimate of drug-likeness (QED) is 0.378. The molecule has 0 saturated heterocycles. The highest BCUT2D eigenvalue weighted by Gasteiger charge is 2.11. The van der Waals surface area contributed by atoms with Crippen molar-refractivity contribution >= 4 is 44.7 Å². The van der Waals surface area contributed by atoms with Crippen LogP contribution in [-0.4, -0.2) is 24.0 Å². The van der Waals surface area contributed by atoms with Gasteiger partial charge in [-0.1, -0.05) is 12.1 Å². The summed E-state index contributed by atoms with van der Waals surface area (Å²) in [5.41, 5.74) is 0.448. The van der Waals surface area contributed by atoms with Crippen LogP contribution in [-0.2, 0) is 6.54 Å². The Hall–Kier alpha value is -2.13. The molecule has 1 aromatic heterocycles. The number of carbonyl (C=O) groups is 1. The number of para-hydroxylation sites is 2. The first-order valence-electron chi connectivity index (χ1n) is 6.78. The number of thiophene rings is 1. The Kier molecular flexibility index (Phi) is 6.36. The number of nitro groups is 1. The molecule has 0 unspecified atom stereocenters. The third-order valence-electron chi connectivity index (χ3n) is 2.87. The second-order valence-corrected chi connectivity index (χ2v) is 6.45. The fourth-order valence-electron chi connectivity index (χ4n) is 1.83. The van der Waals surface area contributed by atoms with E-state index in [0.29, 0.717) is 25.3 Å². The predicted molar refractivity (Wildman–Crippen MR) is 93.8 cm³/mol. The average molecular weight is 399 g/mol. The van der Waals surface area contributed by atoms with E-state index in [0.717, 1.165) is 9.35 Å². The Labute approximate surface area is 145 Å². The fourth-order valence-corrected chi connectivity index (χ4v) is 3.22. The molecule has 1 aromatic carbocycles. The van der Waals surface area contributed by atoms with Gasteiger partial charge in [-0.2, -0.15) is 0 Å². The number of amides is 2. The fraction of sp³-hybridized carbons (Fsp3) is 0.214. The first kappa shape index (κ1) is 17.2. The van der Waals surface area contributed by atoms with Gasteiger partial charge in [0.1, 0.15) is 5.69 Å². The molecule has 2 aromatic rings. The number of anilines is 1. The minimum atomic E-state index is -0.443. The number of benzene rings is 1. The van der Waals surface area contributed by atoms with E-state index < -0.39 is 4.92 Å². The molecular formula is C14H15BrN4O3S. The Morgan fingerprint density at radius 1 is 1.26 bits per heavy atom. The normalized spacial score (nSPS) is 10.1. The molecule has 0 aliphatic rings. The number of hydrogen-bond acceptors (Lipinski definition) is 5. The van der Waals surface area contributed by atoms with Crippen molar-refractivity contribution in [3.63, 3.8) is 0 Å². The second-order valence-electron chi connectivity index (χ2n) is 4.54. The van der Waals surface area contributed by atoms with Crippen molar-refractivity contribution < 1.29 is 9.72 Å². The molecule has 0 aliphatic heterocycles. The molecule has 0 bridgehead atoms. The van der Waals surface area contributed by atoms with Crippen LogP contribution in [0.2, 0.25) is 0 Å². The van der Waals surface area contributed by atoms with Gasteiger partial charge >= 0.3 is 6.03 Å². The number of carbonyl (C=O) groups excluding carboxylic acids is 1. The Balaban J connectivity index is 1.69. The van der Waals surface area contributed by atoms with Crippen molar-refractivity contribution in [2.75, 3.05) is 18.4 Å². The molecule has 0 atom stereocenters. The molecule has 3 N–H and O–H groups in total. The molecule has 0 fully saturated rings. The van der Waals surface area contributed by atoms with E-state index >= 15 is 0 Å². The zero-order valence-electron chi connectivity index (χ0n) is 12.0. The lowest BCUT2D eigenvalue weighted by Crippen LogP contribution is -2.37. The monoisotopic (exact) mass is 398 g/mol. The molecule has 0 radical (unpaired) electrons. The van der Waals surface area contributed by atoms with Gasteiger partial charge in [0, 0.05) is 33.9 Å². The van der Waals surface area contributed by atoms with Crippen LogP contribution >= 0.6 is 27.3 Å². The van der Waals surface area contributed by atoms with Crippen molar-refractivity contribution in [2.45, 2.75) is 6.54 Å². The molecule has 9 heteroatoms. The zero-order valence-corrected chi connectivity index (χ0v) is 14.4. The van der Waals surface area contributed by atoms with Gasteiger partial charge in [0.2, 0.25) is 0 Å². The summed E-state index contributed by atoms with van der Waals surface area (Å²) in [5, 5.41) is 21.2. The minimum Gasteiger partial charge on any atom is -0.378 e. The van der Waals surface area contributed by atoms with E-state index in [4.69, 9.17) is 0 Å². The molecule has 0 aliphatic carbocycles. The molecule has 7 nitrogen and oxygen atoms in total. The topological polar surface area (TPSA) is 96.3 Å². The average Bonchev–Trinajstić information content (AvgIpc) is 2.95. The molecule has 122 valence electrons. The van der Waals surface area contributed by atoms with Crippen molar-refractivity contribution in [2.24, 2.45) is 0 Å². The van der Waals surface area contributed by atoms with E-state index in [-0.39, 0.29) is 11.7 Å². The first-order chi connectivity index (χ1) is 11.1. The Morgan fingerprint density at radius 2 is 2.04 bits per heavy atom. The van der Waals surface area contributed by atoms with Crippen molar-refractivity contribution in [1.82, 2.24) is 10.6 Å². The maximum atomic E-state index is 11.6. The smallest absolute Gasteiger partial charge is 0.315 e. The largest absolute Gasteiger partial charge is 0.378 e. The van der Waals surface area contributed by atoms with E-state index in [2.05, 4.69) is 31.9 Å². The summed E-state index contributed by atoms with van der Waals surface area (Å²) in [7, 11) is 0. The number of nitro benzene ring substituents is 1. The maximum absolute atomic E-state index is 11.6. The van der Waals surface area contributed by atoms with E-state index in [1.165, 1.54) is 6.07 Å². The molecular weight excluding hydrogens is 384 g/mol. The summed E-state index contributed by atoms with van der Waals surface area (Å²) in [5.74, 6) is 0. The van der Waals surface area contributed by atoms with Gasteiger partial charge in [-0.3, -0.25) is 10.1 Å². The zero-order chi connectivity index (χ0) is 16.7. The summed E-state index contributed by atoms with van der Waals surface area (Å²) in [6, 6.07) is 8.06. The minimum absolute atomic E-state index is 0.0141. The van der Waals surface area contributed by atoms with Crippen molar-refractivity contribution in [1.29, 1.82) is 0 Å². The Bertz CT molecular complexity index is 692. The van der Waals surface area contributed by atoms with Gasteiger partial charge in [-0.05, 0) is 28.1 Å². The number of urea groups is 1. The number of rotatable bonds is 7. The van der Waals surface area contributed by atoms with Gasteiger partial charge < -0.3 is 16.0 Å². The summed E-state index contributed by atoms with van der Waals surface area (Å²) in [6.07, 6.45) is 0. The van der Waals surface area contributed by atoms with Gasteiger partial charge in [-0.15, -0.1) is 11.3 Å². The van der Waals surface area contributed by atoms with Crippen molar-refractivity contribution in [3.8, 4) is 0 Å². The van der Waals surface area contributed by atoms with Gasteiger partial charge in [-0.25, -0.2) is 4.79 Å². The molecule has 2 amide bonds. The van der Waals surface area contributed by atoms with E-state index in [9.17, 15) is 14.9 Å². The van der Waals surface area contributed by atoms with Crippen LogP contribution in [0.4, 0.5) is 16.2 Å². The van der Waals surface area contributed by atoms with Crippen LogP contribution in [0.25, 0.3) is 0 Å². The lowest BCUT2D eigenvalue weighted by Gasteiger charge is -2.09. The highest BCUT2D eigenvalue weighted by atomic mass is 79.9. The lowest BCUT2D eigenvalue weighted by molar-refractivity contribution is -0.384. The number of nitrogens with one attached hydrogen (secondary N) is 3. The summed E-state index contributed by atoms with van der Waals surface area (Å²) in [4.78, 5) is 23.1. The lowest BCUT2D eigenvalue weighted by atomic mass is 10.2. The third-order valence-corrected chi connectivity index (χ3v) is 4.57.